The van der Waals surface area contributed by atoms with Crippen molar-refractivity contribution >= 4 is 11.9 Å². The monoisotopic (exact) mass is 251 g/mol. The van der Waals surface area contributed by atoms with Crippen molar-refractivity contribution in [1.82, 2.24) is 14.6 Å². The first-order chi connectivity index (χ1) is 9.24. The molecule has 19 heavy (non-hydrogen) atoms. The Morgan fingerprint density at radius 3 is 2.95 bits per heavy atom. The van der Waals surface area contributed by atoms with Crippen LogP contribution in [0.5, 0.6) is 0 Å². The quantitative estimate of drug-likeness (QED) is 0.672. The van der Waals surface area contributed by atoms with Gasteiger partial charge in [-0.2, -0.15) is 5.10 Å². The van der Waals surface area contributed by atoms with Crippen LogP contribution < -0.4 is 0 Å². The molecule has 4 heteroatoms. The van der Waals surface area contributed by atoms with Crippen LogP contribution in [-0.2, 0) is 6.42 Å². The average Bonchev–Trinajstić information content (AvgIpc) is 2.79. The number of nitrogens with zero attached hydrogens (tertiary/aromatic N) is 3. The van der Waals surface area contributed by atoms with Crippen LogP contribution in [0.25, 0.3) is 5.65 Å². The van der Waals surface area contributed by atoms with Crippen LogP contribution in [0.1, 0.15) is 27.3 Å². The molecule has 0 bridgehead atoms. The van der Waals surface area contributed by atoms with Gasteiger partial charge in [-0.25, -0.2) is 9.50 Å². The Hall–Kier alpha value is -2.49. The highest BCUT2D eigenvalue weighted by Crippen LogP contribution is 2.10. The normalized spacial score (nSPS) is 10.8. The summed E-state index contributed by atoms with van der Waals surface area (Å²) in [6, 6.07) is 11.8. The maximum Gasteiger partial charge on any atom is 0.156 e. The van der Waals surface area contributed by atoms with Gasteiger partial charge in [0, 0.05) is 18.2 Å². The summed E-state index contributed by atoms with van der Waals surface area (Å²) in [4.78, 5) is 15.2. The fraction of sp³-hybridized carbons (Fsp3) is 0.133. The minimum Gasteiger partial charge on any atom is -0.298 e. The van der Waals surface area contributed by atoms with Crippen molar-refractivity contribution in [2.24, 2.45) is 0 Å². The SMILES string of the molecule is Cc1cccc(Cc2nc3cc(C=O)ccn3n2)c1. The van der Waals surface area contributed by atoms with E-state index in [1.807, 2.05) is 6.07 Å². The zero-order valence-corrected chi connectivity index (χ0v) is 10.6. The van der Waals surface area contributed by atoms with Crippen LogP contribution in [0, 0.1) is 6.92 Å². The lowest BCUT2D eigenvalue weighted by atomic mass is 10.1. The number of aromatic nitrogens is 3. The summed E-state index contributed by atoms with van der Waals surface area (Å²) in [6.45, 7) is 2.07. The highest BCUT2D eigenvalue weighted by molar-refractivity contribution is 5.76. The van der Waals surface area contributed by atoms with Gasteiger partial charge < -0.3 is 0 Å². The van der Waals surface area contributed by atoms with Gasteiger partial charge in [0.25, 0.3) is 0 Å². The van der Waals surface area contributed by atoms with E-state index in [1.54, 1.807) is 22.8 Å². The number of aryl methyl sites for hydroxylation is 1. The molecule has 4 nitrogen and oxygen atoms in total. The molecule has 3 rings (SSSR count). The van der Waals surface area contributed by atoms with Crippen LogP contribution in [-0.4, -0.2) is 20.9 Å². The number of rotatable bonds is 3. The molecule has 2 heterocycles. The van der Waals surface area contributed by atoms with E-state index in [4.69, 9.17) is 0 Å². The van der Waals surface area contributed by atoms with Crippen molar-refractivity contribution in [3.63, 3.8) is 0 Å². The van der Waals surface area contributed by atoms with Gasteiger partial charge in [0.1, 0.15) is 6.29 Å². The molecule has 2 aromatic heterocycles. The second kappa shape index (κ2) is 4.65. The molecule has 0 aliphatic carbocycles. The number of carbonyl (C=O) groups is 1. The lowest BCUT2D eigenvalue weighted by molar-refractivity contribution is 0.112. The molecule has 0 N–H and O–H groups in total. The van der Waals surface area contributed by atoms with Crippen LogP contribution >= 0.6 is 0 Å². The third-order valence-corrected chi connectivity index (χ3v) is 2.99. The number of carbonyl (C=O) groups excluding carboxylic acids is 1. The number of aldehydes is 1. The molecule has 0 aliphatic heterocycles. The first kappa shape index (κ1) is 11.6. The molecule has 94 valence electrons. The summed E-state index contributed by atoms with van der Waals surface area (Å²) in [6.07, 6.45) is 3.26. The van der Waals surface area contributed by atoms with Crippen molar-refractivity contribution in [3.05, 3.63) is 65.1 Å². The maximum absolute atomic E-state index is 10.7. The third-order valence-electron chi connectivity index (χ3n) is 2.99. The number of pyridine rings is 1. The molecule has 0 atom stereocenters. The van der Waals surface area contributed by atoms with Crippen molar-refractivity contribution < 1.29 is 4.79 Å². The molecule has 0 unspecified atom stereocenters. The van der Waals surface area contributed by atoms with Crippen molar-refractivity contribution in [2.45, 2.75) is 13.3 Å². The predicted octanol–water partition coefficient (Wildman–Crippen LogP) is 2.44. The van der Waals surface area contributed by atoms with Gasteiger partial charge in [-0.3, -0.25) is 4.79 Å². The van der Waals surface area contributed by atoms with Crippen LogP contribution in [0.15, 0.2) is 42.6 Å². The second-order valence-corrected chi connectivity index (χ2v) is 4.57. The molecule has 0 fully saturated rings. The summed E-state index contributed by atoms with van der Waals surface area (Å²) in [5.41, 5.74) is 3.73. The highest BCUT2D eigenvalue weighted by Gasteiger charge is 2.05. The summed E-state index contributed by atoms with van der Waals surface area (Å²) in [7, 11) is 0. The van der Waals surface area contributed by atoms with Gasteiger partial charge >= 0.3 is 0 Å². The van der Waals surface area contributed by atoms with Crippen LogP contribution in [0.2, 0.25) is 0 Å². The fourth-order valence-electron chi connectivity index (χ4n) is 2.10. The molecule has 0 saturated carbocycles. The summed E-state index contributed by atoms with van der Waals surface area (Å²) >= 11 is 0. The summed E-state index contributed by atoms with van der Waals surface area (Å²) in [5.74, 6) is 0.758. The number of benzene rings is 1. The second-order valence-electron chi connectivity index (χ2n) is 4.57. The Kier molecular flexibility index (Phi) is 2.83. The topological polar surface area (TPSA) is 47.3 Å². The van der Waals surface area contributed by atoms with E-state index < -0.39 is 0 Å². The van der Waals surface area contributed by atoms with Gasteiger partial charge in [-0.1, -0.05) is 29.8 Å². The minimum absolute atomic E-state index is 0.613. The van der Waals surface area contributed by atoms with Gasteiger partial charge in [0.05, 0.1) is 0 Å². The lowest BCUT2D eigenvalue weighted by Crippen LogP contribution is -1.92. The van der Waals surface area contributed by atoms with Gasteiger partial charge in [-0.15, -0.1) is 0 Å². The Labute approximate surface area is 110 Å². The highest BCUT2D eigenvalue weighted by atomic mass is 16.1. The summed E-state index contributed by atoms with van der Waals surface area (Å²) < 4.78 is 1.69. The Morgan fingerprint density at radius 2 is 2.16 bits per heavy atom. The Morgan fingerprint density at radius 1 is 1.26 bits per heavy atom. The van der Waals surface area contributed by atoms with Gasteiger partial charge in [-0.05, 0) is 24.6 Å². The predicted molar refractivity (Wildman–Crippen MR) is 72.4 cm³/mol. The molecule has 1 aromatic carbocycles. The van der Waals surface area contributed by atoms with E-state index >= 15 is 0 Å². The standard InChI is InChI=1S/C15H13N3O/c1-11-3-2-4-12(7-11)8-14-16-15-9-13(10-19)5-6-18(15)17-14/h2-7,9-10H,8H2,1H3. The van der Waals surface area contributed by atoms with Crippen molar-refractivity contribution in [1.29, 1.82) is 0 Å². The molecule has 0 amide bonds. The molecule has 0 aliphatic rings. The largest absolute Gasteiger partial charge is 0.298 e. The zero-order valence-electron chi connectivity index (χ0n) is 10.6. The number of fused-ring (bicyclic) bond motifs is 1. The first-order valence-electron chi connectivity index (χ1n) is 6.10. The smallest absolute Gasteiger partial charge is 0.156 e. The minimum atomic E-state index is 0.613. The van der Waals surface area contributed by atoms with E-state index in [9.17, 15) is 4.79 Å². The third kappa shape index (κ3) is 2.38. The molecule has 0 saturated heterocycles. The lowest BCUT2D eigenvalue weighted by Gasteiger charge is -1.98. The number of hydrogen-bond donors (Lipinski definition) is 0. The molecular weight excluding hydrogens is 238 g/mol. The van der Waals surface area contributed by atoms with E-state index in [1.165, 1.54) is 11.1 Å². The van der Waals surface area contributed by atoms with Gasteiger partial charge in [0.2, 0.25) is 0 Å². The van der Waals surface area contributed by atoms with Crippen molar-refractivity contribution in [2.75, 3.05) is 0 Å². The molecule has 3 aromatic rings. The van der Waals surface area contributed by atoms with E-state index in [0.717, 1.165) is 12.1 Å². The van der Waals surface area contributed by atoms with E-state index in [-0.39, 0.29) is 0 Å². The molecule has 0 spiro atoms. The summed E-state index contributed by atoms with van der Waals surface area (Å²) in [5, 5.41) is 4.40. The Balaban J connectivity index is 1.95. The molecular formula is C15H13N3O. The zero-order chi connectivity index (χ0) is 13.2. The van der Waals surface area contributed by atoms with Crippen LogP contribution in [0.3, 0.4) is 0 Å². The van der Waals surface area contributed by atoms with Gasteiger partial charge in [0.15, 0.2) is 11.5 Å². The van der Waals surface area contributed by atoms with Crippen LogP contribution in [0.4, 0.5) is 0 Å². The van der Waals surface area contributed by atoms with E-state index in [0.29, 0.717) is 17.6 Å². The first-order valence-corrected chi connectivity index (χ1v) is 6.10. The Bertz CT molecular complexity index is 746. The van der Waals surface area contributed by atoms with Crippen molar-refractivity contribution in [3.8, 4) is 0 Å². The van der Waals surface area contributed by atoms with E-state index in [2.05, 4.69) is 35.2 Å². The molecule has 0 radical (unpaired) electrons. The maximum atomic E-state index is 10.7. The number of hydrogen-bond acceptors (Lipinski definition) is 3. The average molecular weight is 251 g/mol. The fourth-order valence-corrected chi connectivity index (χ4v) is 2.10.